The van der Waals surface area contributed by atoms with Crippen molar-refractivity contribution < 1.29 is 23.8 Å². The second-order valence-corrected chi connectivity index (χ2v) is 12.8. The minimum absolute atomic E-state index is 0.00329. The highest BCUT2D eigenvalue weighted by molar-refractivity contribution is 5.71. The molecule has 0 aliphatic carbocycles. The Kier molecular flexibility index (Phi) is 39.2. The molecule has 0 fully saturated rings. The van der Waals surface area contributed by atoms with Crippen LogP contribution in [0.3, 0.4) is 0 Å². The normalized spacial score (nSPS) is 13.4. The molecule has 0 aliphatic rings. The lowest BCUT2D eigenvalue weighted by atomic mass is 10.1. The molecular formula is C47H74O5. The Balaban J connectivity index is 4.49. The number of allylic oxidation sites excluding steroid dienone is 17. The molecule has 0 radical (unpaired) electrons. The van der Waals surface area contributed by atoms with Gasteiger partial charge in [0.1, 0.15) is 6.61 Å². The Bertz CT molecular complexity index is 1090. The van der Waals surface area contributed by atoms with Crippen molar-refractivity contribution in [3.63, 3.8) is 0 Å². The molecule has 0 saturated carbocycles. The maximum Gasteiger partial charge on any atom is 0.309 e. The number of rotatable bonds is 35. The molecule has 292 valence electrons. The molecule has 0 aliphatic heterocycles. The van der Waals surface area contributed by atoms with E-state index in [1.807, 2.05) is 18.2 Å². The van der Waals surface area contributed by atoms with Crippen molar-refractivity contribution >= 4 is 11.9 Å². The van der Waals surface area contributed by atoms with Crippen LogP contribution in [0.5, 0.6) is 0 Å². The van der Waals surface area contributed by atoms with Crippen molar-refractivity contribution in [1.29, 1.82) is 0 Å². The molecule has 0 aromatic carbocycles. The van der Waals surface area contributed by atoms with Crippen molar-refractivity contribution in [3.8, 4) is 0 Å². The third-order valence-electron chi connectivity index (χ3n) is 7.85. The minimum atomic E-state index is -0.615. The molecule has 0 N–H and O–H groups in total. The third kappa shape index (κ3) is 39.3. The van der Waals surface area contributed by atoms with Gasteiger partial charge in [0, 0.05) is 13.0 Å². The number of unbranched alkanes of at least 4 members (excludes halogenated alkanes) is 7. The number of ether oxygens (including phenoxy) is 3. The van der Waals surface area contributed by atoms with Crippen LogP contribution < -0.4 is 0 Å². The fraction of sp³-hybridized carbons (Fsp3) is 0.574. The largest absolute Gasteiger partial charge is 0.461 e. The van der Waals surface area contributed by atoms with E-state index in [1.165, 1.54) is 38.5 Å². The molecule has 0 heterocycles. The molecule has 5 nitrogen and oxygen atoms in total. The van der Waals surface area contributed by atoms with Gasteiger partial charge >= 0.3 is 11.9 Å². The number of hydrogen-bond acceptors (Lipinski definition) is 5. The Morgan fingerprint density at radius 2 is 0.885 bits per heavy atom. The lowest BCUT2D eigenvalue weighted by molar-refractivity contribution is -0.162. The lowest BCUT2D eigenvalue weighted by Gasteiger charge is -2.18. The summed E-state index contributed by atoms with van der Waals surface area (Å²) in [5.41, 5.74) is 0. The zero-order chi connectivity index (χ0) is 37.8. The van der Waals surface area contributed by atoms with Gasteiger partial charge in [-0.3, -0.25) is 9.59 Å². The van der Waals surface area contributed by atoms with Crippen molar-refractivity contribution in [2.45, 2.75) is 155 Å². The maximum atomic E-state index is 12.6. The number of esters is 2. The summed E-state index contributed by atoms with van der Waals surface area (Å²) in [4.78, 5) is 25.0. The highest BCUT2D eigenvalue weighted by Crippen LogP contribution is 2.09. The first kappa shape index (κ1) is 48.6. The smallest absolute Gasteiger partial charge is 0.309 e. The summed E-state index contributed by atoms with van der Waals surface area (Å²) in [6.07, 6.45) is 56.9. The van der Waals surface area contributed by atoms with Crippen molar-refractivity contribution in [2.24, 2.45) is 0 Å². The summed E-state index contributed by atoms with van der Waals surface area (Å²) in [6.45, 7) is 7.35. The molecule has 52 heavy (non-hydrogen) atoms. The maximum absolute atomic E-state index is 12.6. The molecule has 0 aromatic rings. The minimum Gasteiger partial charge on any atom is -0.461 e. The summed E-state index contributed by atoms with van der Waals surface area (Å²) in [6, 6.07) is 0. The first-order valence-electron chi connectivity index (χ1n) is 20.4. The van der Waals surface area contributed by atoms with Crippen LogP contribution in [0.25, 0.3) is 0 Å². The summed E-state index contributed by atoms with van der Waals surface area (Å²) in [5.74, 6) is -0.651. The van der Waals surface area contributed by atoms with Crippen LogP contribution in [0.1, 0.15) is 149 Å². The average Bonchev–Trinajstić information content (AvgIpc) is 3.14. The standard InChI is InChI=1S/C47H74O5/c1-4-7-10-13-16-19-21-23-24-26-27-29-31-34-37-40-46(48)51-44-45(43-50-42-39-36-33-18-15-12-9-6-3)52-47(49)41-38-35-32-30-28-25-22-20-17-14-11-8-5-2/h7-8,10-11,16-17,19-20,23-25,27-29,32,34-35,37,45H,4-6,9,12-15,18,21-22,26,30-31,33,36,38-44H2,1-3H3/b10-7-,11-8-,19-16-,20-17-,24-23-,28-25-,29-27-,35-32-,37-34-. The fourth-order valence-corrected chi connectivity index (χ4v) is 4.89. The van der Waals surface area contributed by atoms with E-state index in [2.05, 4.69) is 112 Å². The van der Waals surface area contributed by atoms with Gasteiger partial charge < -0.3 is 14.2 Å². The molecule has 0 aromatic heterocycles. The quantitative estimate of drug-likeness (QED) is 0.0371. The van der Waals surface area contributed by atoms with E-state index < -0.39 is 6.10 Å². The highest BCUT2D eigenvalue weighted by Gasteiger charge is 2.17. The Morgan fingerprint density at radius 1 is 0.462 bits per heavy atom. The molecule has 0 spiro atoms. The van der Waals surface area contributed by atoms with Crippen LogP contribution in [-0.2, 0) is 23.8 Å². The van der Waals surface area contributed by atoms with E-state index in [9.17, 15) is 9.59 Å². The van der Waals surface area contributed by atoms with Crippen LogP contribution in [0.15, 0.2) is 109 Å². The molecular weight excluding hydrogens is 645 g/mol. The van der Waals surface area contributed by atoms with Crippen LogP contribution in [0.4, 0.5) is 0 Å². The van der Waals surface area contributed by atoms with Crippen LogP contribution in [0.2, 0.25) is 0 Å². The predicted molar refractivity (Wildman–Crippen MR) is 223 cm³/mol. The SMILES string of the molecule is CC/C=C\C/C=C\C/C=C\C/C=C\C/C=C\CC(=O)OCC(COCCCCCCCCCC)OC(=O)CC/C=C\C/C=C\C/C=C\C/C=C\CC. The van der Waals surface area contributed by atoms with Gasteiger partial charge in [-0.25, -0.2) is 0 Å². The molecule has 0 amide bonds. The van der Waals surface area contributed by atoms with Gasteiger partial charge in [0.2, 0.25) is 0 Å². The molecule has 0 saturated heterocycles. The van der Waals surface area contributed by atoms with Gasteiger partial charge in [-0.15, -0.1) is 0 Å². The zero-order valence-electron chi connectivity index (χ0n) is 33.3. The monoisotopic (exact) mass is 719 g/mol. The van der Waals surface area contributed by atoms with E-state index in [0.29, 0.717) is 13.0 Å². The van der Waals surface area contributed by atoms with Gasteiger partial charge in [0.05, 0.1) is 13.0 Å². The van der Waals surface area contributed by atoms with E-state index >= 15 is 0 Å². The highest BCUT2D eigenvalue weighted by atomic mass is 16.6. The van der Waals surface area contributed by atoms with E-state index in [4.69, 9.17) is 14.2 Å². The first-order chi connectivity index (χ1) is 25.6. The van der Waals surface area contributed by atoms with Gasteiger partial charge in [0.25, 0.3) is 0 Å². The summed E-state index contributed by atoms with van der Waals surface area (Å²) in [5, 5.41) is 0. The summed E-state index contributed by atoms with van der Waals surface area (Å²) in [7, 11) is 0. The molecule has 0 rings (SSSR count). The number of carbonyl (C=O) groups excluding carboxylic acids is 2. The topological polar surface area (TPSA) is 61.8 Å². The van der Waals surface area contributed by atoms with Crippen LogP contribution in [-0.4, -0.2) is 37.9 Å². The number of carbonyl (C=O) groups is 2. The van der Waals surface area contributed by atoms with Crippen molar-refractivity contribution in [1.82, 2.24) is 0 Å². The first-order valence-corrected chi connectivity index (χ1v) is 20.4. The zero-order valence-corrected chi connectivity index (χ0v) is 33.3. The Morgan fingerprint density at radius 3 is 1.37 bits per heavy atom. The van der Waals surface area contributed by atoms with Crippen LogP contribution in [0, 0.1) is 0 Å². The summed E-state index contributed by atoms with van der Waals surface area (Å²) < 4.78 is 17.0. The molecule has 5 heteroatoms. The molecule has 1 atom stereocenters. The Labute approximate surface area is 319 Å². The van der Waals surface area contributed by atoms with E-state index in [-0.39, 0.29) is 38.0 Å². The molecule has 0 bridgehead atoms. The number of hydrogen-bond donors (Lipinski definition) is 0. The lowest BCUT2D eigenvalue weighted by Crippen LogP contribution is -2.30. The van der Waals surface area contributed by atoms with E-state index in [0.717, 1.165) is 70.6 Å². The molecule has 1 unspecified atom stereocenters. The van der Waals surface area contributed by atoms with Gasteiger partial charge in [-0.05, 0) is 70.6 Å². The van der Waals surface area contributed by atoms with Crippen molar-refractivity contribution in [2.75, 3.05) is 19.8 Å². The van der Waals surface area contributed by atoms with Crippen LogP contribution >= 0.6 is 0 Å². The van der Waals surface area contributed by atoms with Gasteiger partial charge in [0.15, 0.2) is 6.10 Å². The summed E-state index contributed by atoms with van der Waals surface area (Å²) >= 11 is 0. The Hall–Kier alpha value is -3.44. The fourth-order valence-electron chi connectivity index (χ4n) is 4.89. The van der Waals surface area contributed by atoms with Gasteiger partial charge in [-0.1, -0.05) is 175 Å². The average molecular weight is 719 g/mol. The second kappa shape index (κ2) is 42.0. The predicted octanol–water partition coefficient (Wildman–Crippen LogP) is 13.3. The van der Waals surface area contributed by atoms with Gasteiger partial charge in [-0.2, -0.15) is 0 Å². The third-order valence-corrected chi connectivity index (χ3v) is 7.85. The van der Waals surface area contributed by atoms with Crippen molar-refractivity contribution in [3.05, 3.63) is 109 Å². The van der Waals surface area contributed by atoms with E-state index in [1.54, 1.807) is 0 Å². The second-order valence-electron chi connectivity index (χ2n) is 12.8.